The van der Waals surface area contributed by atoms with Crippen LogP contribution in [0.5, 0.6) is 0 Å². The second-order valence-electron chi connectivity index (χ2n) is 6.07. The van der Waals surface area contributed by atoms with E-state index >= 15 is 0 Å². The molecule has 1 aliphatic rings. The van der Waals surface area contributed by atoms with E-state index in [0.29, 0.717) is 5.96 Å². The normalized spacial score (nSPS) is 15.8. The summed E-state index contributed by atoms with van der Waals surface area (Å²) < 4.78 is 0. The Bertz CT molecular complexity index is 528. The molecule has 0 atom stereocenters. The van der Waals surface area contributed by atoms with Gasteiger partial charge in [-0.1, -0.05) is 17.7 Å². The van der Waals surface area contributed by atoms with Crippen molar-refractivity contribution >= 4 is 47.2 Å². The van der Waals surface area contributed by atoms with Gasteiger partial charge in [0.15, 0.2) is 5.96 Å². The quantitative estimate of drug-likeness (QED) is 0.282. The minimum Gasteiger partial charge on any atom is -0.370 e. The molecule has 1 aromatic carbocycles. The number of anilines is 1. The first kappa shape index (κ1) is 22.3. The molecule has 5 nitrogen and oxygen atoms in total. The highest BCUT2D eigenvalue weighted by atomic mass is 127. The predicted octanol–water partition coefficient (Wildman–Crippen LogP) is 3.13. The van der Waals surface area contributed by atoms with Crippen molar-refractivity contribution in [3.63, 3.8) is 0 Å². The Morgan fingerprint density at radius 2 is 1.88 bits per heavy atom. The van der Waals surface area contributed by atoms with Crippen molar-refractivity contribution in [3.05, 3.63) is 29.3 Å². The van der Waals surface area contributed by atoms with Crippen LogP contribution in [0.4, 0.5) is 5.69 Å². The van der Waals surface area contributed by atoms with Crippen molar-refractivity contribution in [2.45, 2.75) is 20.3 Å². The monoisotopic (exact) mass is 479 g/mol. The van der Waals surface area contributed by atoms with Gasteiger partial charge in [-0.2, -0.15) is 0 Å². The lowest BCUT2D eigenvalue weighted by Crippen LogP contribution is -2.46. The number of hydrogen-bond acceptors (Lipinski definition) is 3. The predicted molar refractivity (Wildman–Crippen MR) is 120 cm³/mol. The highest BCUT2D eigenvalue weighted by molar-refractivity contribution is 14.0. The van der Waals surface area contributed by atoms with Gasteiger partial charge in [0.25, 0.3) is 0 Å². The summed E-state index contributed by atoms with van der Waals surface area (Å²) in [7, 11) is 0. The number of halogens is 2. The Labute approximate surface area is 174 Å². The van der Waals surface area contributed by atoms with Crippen LogP contribution in [0.25, 0.3) is 0 Å². The van der Waals surface area contributed by atoms with Crippen LogP contribution in [0, 0.1) is 0 Å². The zero-order valence-electron chi connectivity index (χ0n) is 15.3. The number of guanidine groups is 1. The van der Waals surface area contributed by atoms with Gasteiger partial charge < -0.3 is 15.5 Å². The van der Waals surface area contributed by atoms with E-state index < -0.39 is 0 Å². The highest BCUT2D eigenvalue weighted by Gasteiger charge is 2.16. The summed E-state index contributed by atoms with van der Waals surface area (Å²) in [4.78, 5) is 11.5. The average Bonchev–Trinajstić information content (AvgIpc) is 2.60. The van der Waals surface area contributed by atoms with E-state index in [1.807, 2.05) is 18.2 Å². The number of hydrogen-bond donors (Lipinski definition) is 1. The molecule has 0 radical (unpaired) electrons. The maximum Gasteiger partial charge on any atom is 0.191 e. The van der Waals surface area contributed by atoms with Crippen LogP contribution in [-0.4, -0.2) is 68.1 Å². The molecule has 2 rings (SSSR count). The van der Waals surface area contributed by atoms with E-state index in [9.17, 15) is 0 Å². The smallest absolute Gasteiger partial charge is 0.191 e. The molecule has 7 heteroatoms. The maximum absolute atomic E-state index is 6.08. The number of nitrogens with two attached hydrogens (primary N) is 1. The second-order valence-corrected chi connectivity index (χ2v) is 6.51. The van der Waals surface area contributed by atoms with Crippen LogP contribution < -0.4 is 10.6 Å². The molecule has 0 aromatic heterocycles. The standard InChI is InChI=1S/C18H30ClN5.HI/c1-3-23(4-2)18(20)21-9-6-10-22-11-13-24(14-12-22)17-8-5-7-16(19)15-17;/h5,7-8,15H,3-4,6,9-14H2,1-2H3,(H2,20,21);1H. The third kappa shape index (κ3) is 7.19. The minimum atomic E-state index is 0. The molecule has 0 bridgehead atoms. The van der Waals surface area contributed by atoms with E-state index in [1.165, 1.54) is 5.69 Å². The van der Waals surface area contributed by atoms with Gasteiger partial charge >= 0.3 is 0 Å². The van der Waals surface area contributed by atoms with Gasteiger partial charge in [-0.15, -0.1) is 24.0 Å². The molecule has 2 N–H and O–H groups in total. The van der Waals surface area contributed by atoms with Crippen molar-refractivity contribution in [1.29, 1.82) is 0 Å². The summed E-state index contributed by atoms with van der Waals surface area (Å²) in [5.41, 5.74) is 7.22. The van der Waals surface area contributed by atoms with Gasteiger partial charge in [-0.25, -0.2) is 0 Å². The van der Waals surface area contributed by atoms with Crippen LogP contribution in [0.2, 0.25) is 5.02 Å². The summed E-state index contributed by atoms with van der Waals surface area (Å²) in [5, 5.41) is 0.804. The summed E-state index contributed by atoms with van der Waals surface area (Å²) >= 11 is 6.08. The summed E-state index contributed by atoms with van der Waals surface area (Å²) in [6.45, 7) is 12.2. The van der Waals surface area contributed by atoms with Crippen LogP contribution in [-0.2, 0) is 0 Å². The first-order valence-corrected chi connectivity index (χ1v) is 9.29. The number of piperazine rings is 1. The molecule has 25 heavy (non-hydrogen) atoms. The summed E-state index contributed by atoms with van der Waals surface area (Å²) in [6.07, 6.45) is 1.05. The van der Waals surface area contributed by atoms with E-state index in [0.717, 1.165) is 63.8 Å². The fraction of sp³-hybridized carbons (Fsp3) is 0.611. The molecule has 0 aliphatic carbocycles. The number of aliphatic imine (C=N–C) groups is 1. The van der Waals surface area contributed by atoms with Gasteiger partial charge in [0.05, 0.1) is 0 Å². The molecule has 1 aliphatic heterocycles. The SMILES string of the molecule is CCN(CC)C(N)=NCCCN1CCN(c2cccc(Cl)c2)CC1.I. The van der Waals surface area contributed by atoms with Crippen LogP contribution in [0.1, 0.15) is 20.3 Å². The van der Waals surface area contributed by atoms with Gasteiger partial charge in [0.1, 0.15) is 0 Å². The second kappa shape index (κ2) is 11.8. The van der Waals surface area contributed by atoms with Crippen LogP contribution in [0.3, 0.4) is 0 Å². The van der Waals surface area contributed by atoms with Crippen molar-refractivity contribution < 1.29 is 0 Å². The number of benzene rings is 1. The Morgan fingerprint density at radius 1 is 1.20 bits per heavy atom. The molecule has 0 saturated carbocycles. The third-order valence-corrected chi connectivity index (χ3v) is 4.77. The van der Waals surface area contributed by atoms with Crippen LogP contribution in [0.15, 0.2) is 29.3 Å². The van der Waals surface area contributed by atoms with E-state index in [2.05, 4.69) is 39.6 Å². The molecule has 0 amide bonds. The highest BCUT2D eigenvalue weighted by Crippen LogP contribution is 2.20. The third-order valence-electron chi connectivity index (χ3n) is 4.54. The van der Waals surface area contributed by atoms with Gasteiger partial charge in [0, 0.05) is 63.1 Å². The first-order chi connectivity index (χ1) is 11.6. The van der Waals surface area contributed by atoms with Crippen molar-refractivity contribution in [2.24, 2.45) is 10.7 Å². The summed E-state index contributed by atoms with van der Waals surface area (Å²) in [6, 6.07) is 8.11. The molecule has 0 spiro atoms. The molecular weight excluding hydrogens is 449 g/mol. The lowest BCUT2D eigenvalue weighted by atomic mass is 10.2. The molecule has 142 valence electrons. The molecule has 1 saturated heterocycles. The minimum absolute atomic E-state index is 0. The Morgan fingerprint density at radius 3 is 2.48 bits per heavy atom. The zero-order chi connectivity index (χ0) is 17.4. The van der Waals surface area contributed by atoms with E-state index in [-0.39, 0.29) is 24.0 Å². The molecule has 1 heterocycles. The van der Waals surface area contributed by atoms with Gasteiger partial charge in [0.2, 0.25) is 0 Å². The van der Waals surface area contributed by atoms with Crippen molar-refractivity contribution in [1.82, 2.24) is 9.80 Å². The number of rotatable bonds is 7. The summed E-state index contributed by atoms with van der Waals surface area (Å²) in [5.74, 6) is 0.672. The maximum atomic E-state index is 6.08. The average molecular weight is 480 g/mol. The zero-order valence-corrected chi connectivity index (χ0v) is 18.4. The topological polar surface area (TPSA) is 48.1 Å². The fourth-order valence-corrected chi connectivity index (χ4v) is 3.22. The number of nitrogens with zero attached hydrogens (tertiary/aromatic N) is 4. The Hall–Kier alpha value is -0.730. The lowest BCUT2D eigenvalue weighted by molar-refractivity contribution is 0.256. The largest absolute Gasteiger partial charge is 0.370 e. The van der Waals surface area contributed by atoms with E-state index in [1.54, 1.807) is 0 Å². The van der Waals surface area contributed by atoms with Crippen molar-refractivity contribution in [3.8, 4) is 0 Å². The first-order valence-electron chi connectivity index (χ1n) is 8.91. The molecular formula is C18H31ClIN5. The molecule has 1 fully saturated rings. The van der Waals surface area contributed by atoms with Crippen LogP contribution >= 0.6 is 35.6 Å². The Kier molecular flexibility index (Phi) is 10.5. The van der Waals surface area contributed by atoms with Crippen molar-refractivity contribution in [2.75, 3.05) is 57.3 Å². The molecule has 1 aromatic rings. The van der Waals surface area contributed by atoms with Gasteiger partial charge in [-0.3, -0.25) is 9.89 Å². The molecule has 0 unspecified atom stereocenters. The van der Waals surface area contributed by atoms with Gasteiger partial charge in [-0.05, 0) is 38.5 Å². The van der Waals surface area contributed by atoms with E-state index in [4.69, 9.17) is 17.3 Å². The lowest BCUT2D eigenvalue weighted by Gasteiger charge is -2.36. The fourth-order valence-electron chi connectivity index (χ4n) is 3.04. The Balaban J connectivity index is 0.00000312.